The van der Waals surface area contributed by atoms with Gasteiger partial charge in [-0.15, -0.1) is 0 Å². The molecule has 0 aliphatic carbocycles. The van der Waals surface area contributed by atoms with Gasteiger partial charge >= 0.3 is 157 Å². The average Bonchev–Trinajstić information content (AvgIpc) is 2.63. The molecule has 0 N–H and O–H groups in total. The first-order chi connectivity index (χ1) is 11.8. The van der Waals surface area contributed by atoms with Crippen molar-refractivity contribution in [3.8, 4) is 0 Å². The summed E-state index contributed by atoms with van der Waals surface area (Å²) in [6.07, 6.45) is -2.34. The molecule has 0 bridgehead atoms. The normalized spacial score (nSPS) is 32.2. The summed E-state index contributed by atoms with van der Waals surface area (Å²) in [5, 5.41) is 0. The van der Waals surface area contributed by atoms with Crippen LogP contribution in [0, 0.1) is 0 Å². The second-order valence-corrected chi connectivity index (χ2v) is 8.71. The molecule has 1 fully saturated rings. The van der Waals surface area contributed by atoms with Crippen molar-refractivity contribution in [3.05, 3.63) is 30.3 Å². The van der Waals surface area contributed by atoms with Gasteiger partial charge in [0.05, 0.1) is 0 Å². The van der Waals surface area contributed by atoms with Gasteiger partial charge in [0.25, 0.3) is 0 Å². The van der Waals surface area contributed by atoms with Gasteiger partial charge in [0.15, 0.2) is 0 Å². The molecule has 1 aromatic carbocycles. The van der Waals surface area contributed by atoms with Gasteiger partial charge in [-0.2, -0.15) is 0 Å². The number of hydrogen-bond donors (Lipinski definition) is 0. The molecule has 138 valence electrons. The summed E-state index contributed by atoms with van der Waals surface area (Å²) in [4.78, 5) is 25.0. The van der Waals surface area contributed by atoms with Gasteiger partial charge in [0.2, 0.25) is 0 Å². The van der Waals surface area contributed by atoms with Crippen LogP contribution in [0.2, 0.25) is 0 Å². The minimum atomic E-state index is -1.38. The van der Waals surface area contributed by atoms with Gasteiger partial charge < -0.3 is 0 Å². The third-order valence-electron chi connectivity index (χ3n) is 4.21. The fraction of sp³-hybridized carbons (Fsp3) is 0.529. The summed E-state index contributed by atoms with van der Waals surface area (Å²) in [6.45, 7) is 3.19. The van der Waals surface area contributed by atoms with Crippen LogP contribution in [0.5, 0.6) is 0 Å². The maximum atomic E-state index is 12.8. The topological polar surface area (TPSA) is 80.3 Å². The molecule has 25 heavy (non-hydrogen) atoms. The van der Waals surface area contributed by atoms with Crippen molar-refractivity contribution in [2.75, 3.05) is 21.3 Å². The van der Waals surface area contributed by atoms with E-state index < -0.39 is 50.7 Å². The summed E-state index contributed by atoms with van der Waals surface area (Å²) < 4.78 is 28.0. The van der Waals surface area contributed by atoms with Crippen LogP contribution in [0.4, 0.5) is 0 Å². The van der Waals surface area contributed by atoms with Gasteiger partial charge in [0.1, 0.15) is 0 Å². The fourth-order valence-corrected chi connectivity index (χ4v) is 4.73. The molecule has 1 aliphatic heterocycles. The van der Waals surface area contributed by atoms with E-state index in [1.165, 1.54) is 21.3 Å². The van der Waals surface area contributed by atoms with Crippen molar-refractivity contribution < 1.29 is 33.3 Å². The van der Waals surface area contributed by atoms with Gasteiger partial charge in [-0.3, -0.25) is 0 Å². The molecule has 1 aromatic rings. The molecular formula is C17H22O7Te. The van der Waals surface area contributed by atoms with Gasteiger partial charge in [-0.1, -0.05) is 0 Å². The molecule has 8 heteroatoms. The molecule has 7 nitrogen and oxygen atoms in total. The van der Waals surface area contributed by atoms with Crippen molar-refractivity contribution >= 4 is 34.3 Å². The van der Waals surface area contributed by atoms with Gasteiger partial charge in [-0.05, 0) is 0 Å². The summed E-state index contributed by atoms with van der Waals surface area (Å²) in [7, 11) is 4.07. The van der Waals surface area contributed by atoms with Crippen molar-refractivity contribution in [3.63, 3.8) is 0 Å². The minimum absolute atomic E-state index is 0.187. The molecule has 0 aromatic heterocycles. The second-order valence-electron chi connectivity index (χ2n) is 5.63. The van der Waals surface area contributed by atoms with Crippen LogP contribution in [0.15, 0.2) is 30.3 Å². The zero-order valence-corrected chi connectivity index (χ0v) is 17.1. The number of methoxy groups -OCH3 is 3. The van der Waals surface area contributed by atoms with Crippen molar-refractivity contribution in [2.24, 2.45) is 0 Å². The first-order valence-corrected chi connectivity index (χ1v) is 9.93. The van der Waals surface area contributed by atoms with E-state index in [9.17, 15) is 9.59 Å². The number of esters is 1. The summed E-state index contributed by atoms with van der Waals surface area (Å²) in [5.74, 6) is -3.44. The third-order valence-corrected chi connectivity index (χ3v) is 6.90. The van der Waals surface area contributed by atoms with E-state index in [2.05, 4.69) is 0 Å². The van der Waals surface area contributed by atoms with Crippen LogP contribution in [-0.4, -0.2) is 75.8 Å². The number of carbonyl (C=O) groups is 2. The molecule has 0 saturated carbocycles. The van der Waals surface area contributed by atoms with Gasteiger partial charge in [-0.25, -0.2) is 0 Å². The summed E-state index contributed by atoms with van der Waals surface area (Å²) in [5.41, 5.74) is 0. The van der Waals surface area contributed by atoms with Crippen LogP contribution in [0.3, 0.4) is 0 Å². The van der Waals surface area contributed by atoms with E-state index >= 15 is 0 Å². The zero-order chi connectivity index (χ0) is 18.7. The Morgan fingerprint density at radius 1 is 0.960 bits per heavy atom. The predicted octanol–water partition coefficient (Wildman–Crippen LogP) is 0.225. The number of hydrogen-bond acceptors (Lipinski definition) is 7. The Hall–Kier alpha value is -1.01. The average molecular weight is 466 g/mol. The Morgan fingerprint density at radius 2 is 1.48 bits per heavy atom. The number of benzene rings is 1. The SMILES string of the molecule is COC(=O)[C@H]1O[C@](C)(OC)[C@@](C)(OC)O[C@@H]1C(=O)[Te]c1ccccc1. The van der Waals surface area contributed by atoms with E-state index in [1.807, 2.05) is 30.3 Å². The van der Waals surface area contributed by atoms with E-state index in [-0.39, 0.29) is 3.83 Å². The Kier molecular flexibility index (Phi) is 6.60. The van der Waals surface area contributed by atoms with Crippen LogP contribution < -0.4 is 3.61 Å². The van der Waals surface area contributed by atoms with E-state index in [0.29, 0.717) is 0 Å². The van der Waals surface area contributed by atoms with E-state index in [1.54, 1.807) is 13.8 Å². The number of carbonyl (C=O) groups excluding carboxylic acids is 2. The van der Waals surface area contributed by atoms with E-state index in [0.717, 1.165) is 3.61 Å². The van der Waals surface area contributed by atoms with Crippen LogP contribution >= 0.6 is 0 Å². The molecule has 1 aliphatic rings. The first-order valence-electron chi connectivity index (χ1n) is 7.60. The van der Waals surface area contributed by atoms with Gasteiger partial charge in [0, 0.05) is 0 Å². The van der Waals surface area contributed by atoms with Crippen LogP contribution in [-0.2, 0) is 33.3 Å². The van der Waals surface area contributed by atoms with Crippen LogP contribution in [0.25, 0.3) is 0 Å². The standard InChI is InChI=1S/C17H22O7Te/c1-16(21-4)17(2,22-5)24-13(12(23-16)14(18)20-3)15(19)25-11-9-7-6-8-10-11/h6-10,12-13H,1-5H3/t12-,13-,16-,17-/m0/s1. The van der Waals surface area contributed by atoms with Crippen molar-refractivity contribution in [1.29, 1.82) is 0 Å². The molecule has 1 saturated heterocycles. The molecule has 0 unspecified atom stereocenters. The zero-order valence-electron chi connectivity index (χ0n) is 14.8. The predicted molar refractivity (Wildman–Crippen MR) is 89.4 cm³/mol. The molecule has 4 atom stereocenters. The second kappa shape index (κ2) is 8.12. The molecular weight excluding hydrogens is 444 g/mol. The fourth-order valence-electron chi connectivity index (χ4n) is 2.41. The molecule has 1 heterocycles. The maximum absolute atomic E-state index is 12.8. The first kappa shape index (κ1) is 20.3. The van der Waals surface area contributed by atoms with E-state index in [4.69, 9.17) is 23.7 Å². The van der Waals surface area contributed by atoms with Crippen molar-refractivity contribution in [1.82, 2.24) is 0 Å². The quantitative estimate of drug-likeness (QED) is 0.439. The molecule has 0 amide bonds. The Bertz CT molecular complexity index is 623. The molecule has 2 rings (SSSR count). The molecule has 0 spiro atoms. The monoisotopic (exact) mass is 468 g/mol. The summed E-state index contributed by atoms with van der Waals surface area (Å²) >= 11 is -1.26. The Balaban J connectivity index is 2.32. The Morgan fingerprint density at radius 3 is 1.96 bits per heavy atom. The Labute approximate surface area is 157 Å². The van der Waals surface area contributed by atoms with Crippen LogP contribution in [0.1, 0.15) is 13.8 Å². The number of rotatable bonds is 6. The molecule has 0 radical (unpaired) electrons. The summed E-state index contributed by atoms with van der Waals surface area (Å²) in [6, 6.07) is 9.37. The third kappa shape index (κ3) is 4.05. The number of ether oxygens (including phenoxy) is 5. The van der Waals surface area contributed by atoms with Crippen molar-refractivity contribution in [2.45, 2.75) is 37.6 Å².